The van der Waals surface area contributed by atoms with Crippen LogP contribution in [-0.4, -0.2) is 44.4 Å². The molecule has 3 rings (SSSR count). The van der Waals surface area contributed by atoms with Crippen LogP contribution in [0.1, 0.15) is 50.0 Å². The van der Waals surface area contributed by atoms with Gasteiger partial charge in [-0.3, -0.25) is 0 Å². The van der Waals surface area contributed by atoms with E-state index in [1.165, 1.54) is 6.20 Å². The first kappa shape index (κ1) is 22.7. The normalized spacial score (nSPS) is 17.2. The Balaban J connectivity index is 1.85. The second-order valence-electron chi connectivity index (χ2n) is 8.54. The fraction of sp³-hybridized carbons (Fsp3) is 0.455. The molecule has 1 amide bonds. The Morgan fingerprint density at radius 3 is 2.70 bits per heavy atom. The summed E-state index contributed by atoms with van der Waals surface area (Å²) in [6.07, 6.45) is 2.00. The minimum atomic E-state index is -1.01. The van der Waals surface area contributed by atoms with Crippen molar-refractivity contribution < 1.29 is 19.7 Å². The Morgan fingerprint density at radius 1 is 1.30 bits per heavy atom. The van der Waals surface area contributed by atoms with Crippen molar-refractivity contribution in [1.29, 1.82) is 0 Å². The van der Waals surface area contributed by atoms with Crippen molar-refractivity contribution in [1.82, 2.24) is 9.88 Å². The smallest absolute Gasteiger partial charge is 0.410 e. The Labute approximate surface area is 186 Å². The lowest BCUT2D eigenvalue weighted by molar-refractivity contribution is 0.00192. The standard InChI is InChI=1S/C22H26Cl2N2O4/c1-22(2,3)30-21(29)26(12-19(28)15-10-18(23)20(24)25-11-15)16-6-4-13-5-7-17(27)9-14(13)8-16/h5,7,9-11,16,19,27-28H,4,6,8,12H2,1-3H3. The average Bonchev–Trinajstić information content (AvgIpc) is 2.66. The number of pyridine rings is 1. The van der Waals surface area contributed by atoms with Crippen molar-refractivity contribution in [3.8, 4) is 5.75 Å². The topological polar surface area (TPSA) is 82.9 Å². The number of aromatic nitrogens is 1. The van der Waals surface area contributed by atoms with Crippen molar-refractivity contribution >= 4 is 29.3 Å². The van der Waals surface area contributed by atoms with Crippen LogP contribution in [0.25, 0.3) is 0 Å². The number of aliphatic hydroxyl groups is 1. The van der Waals surface area contributed by atoms with Crippen LogP contribution in [0.15, 0.2) is 30.5 Å². The number of carbonyl (C=O) groups excluding carboxylic acids is 1. The highest BCUT2D eigenvalue weighted by molar-refractivity contribution is 6.41. The number of benzene rings is 1. The molecule has 0 aliphatic heterocycles. The molecule has 2 atom stereocenters. The van der Waals surface area contributed by atoms with Gasteiger partial charge in [0.15, 0.2) is 0 Å². The highest BCUT2D eigenvalue weighted by Crippen LogP contribution is 2.30. The van der Waals surface area contributed by atoms with Gasteiger partial charge in [0, 0.05) is 17.8 Å². The molecule has 162 valence electrons. The Morgan fingerprint density at radius 2 is 2.03 bits per heavy atom. The summed E-state index contributed by atoms with van der Waals surface area (Å²) < 4.78 is 5.61. The molecule has 1 aliphatic carbocycles. The second kappa shape index (κ2) is 9.00. The quantitative estimate of drug-likeness (QED) is 0.642. The van der Waals surface area contributed by atoms with Crippen molar-refractivity contribution in [2.24, 2.45) is 0 Å². The number of phenolic OH excluding ortho intramolecular Hbond substituents is 1. The maximum Gasteiger partial charge on any atom is 0.410 e. The molecule has 0 bridgehead atoms. The molecule has 30 heavy (non-hydrogen) atoms. The number of aromatic hydroxyl groups is 1. The van der Waals surface area contributed by atoms with Gasteiger partial charge in [-0.05, 0) is 69.4 Å². The molecule has 0 spiro atoms. The molecule has 1 aromatic carbocycles. The van der Waals surface area contributed by atoms with Crippen molar-refractivity contribution in [2.75, 3.05) is 6.54 Å². The monoisotopic (exact) mass is 452 g/mol. The van der Waals surface area contributed by atoms with E-state index < -0.39 is 17.8 Å². The number of rotatable bonds is 4. The van der Waals surface area contributed by atoms with Crippen LogP contribution >= 0.6 is 23.2 Å². The first-order valence-electron chi connectivity index (χ1n) is 9.83. The molecule has 6 nitrogen and oxygen atoms in total. The van der Waals surface area contributed by atoms with E-state index in [4.69, 9.17) is 27.9 Å². The van der Waals surface area contributed by atoms with Gasteiger partial charge in [-0.1, -0.05) is 29.3 Å². The van der Waals surface area contributed by atoms with Gasteiger partial charge in [-0.15, -0.1) is 0 Å². The third-order valence-electron chi connectivity index (χ3n) is 5.03. The van der Waals surface area contributed by atoms with Crippen LogP contribution in [0.5, 0.6) is 5.75 Å². The van der Waals surface area contributed by atoms with E-state index in [0.29, 0.717) is 12.0 Å². The van der Waals surface area contributed by atoms with Gasteiger partial charge in [0.2, 0.25) is 0 Å². The summed E-state index contributed by atoms with van der Waals surface area (Å²) >= 11 is 11.9. The molecule has 0 saturated heterocycles. The fourth-order valence-corrected chi connectivity index (χ4v) is 3.87. The van der Waals surface area contributed by atoms with Crippen LogP contribution in [-0.2, 0) is 17.6 Å². The lowest BCUT2D eigenvalue weighted by atomic mass is 9.87. The average molecular weight is 453 g/mol. The molecule has 0 saturated carbocycles. The van der Waals surface area contributed by atoms with Crippen LogP contribution in [0.4, 0.5) is 4.79 Å². The van der Waals surface area contributed by atoms with Gasteiger partial charge < -0.3 is 19.8 Å². The SMILES string of the molecule is CC(C)(C)OC(=O)N(CC(O)c1cnc(Cl)c(Cl)c1)C1CCc2ccc(O)cc2C1. The van der Waals surface area contributed by atoms with Crippen molar-refractivity contribution in [3.63, 3.8) is 0 Å². The molecular formula is C22H26Cl2N2O4. The van der Waals surface area contributed by atoms with E-state index in [0.717, 1.165) is 24.0 Å². The van der Waals surface area contributed by atoms with Gasteiger partial charge in [0.1, 0.15) is 16.5 Å². The maximum atomic E-state index is 13.0. The van der Waals surface area contributed by atoms with E-state index in [9.17, 15) is 15.0 Å². The van der Waals surface area contributed by atoms with Gasteiger partial charge in [0.25, 0.3) is 0 Å². The Kier molecular flexibility index (Phi) is 6.80. The highest BCUT2D eigenvalue weighted by Gasteiger charge is 2.33. The summed E-state index contributed by atoms with van der Waals surface area (Å²) in [5.74, 6) is 0.195. The number of aryl methyl sites for hydroxylation is 1. The van der Waals surface area contributed by atoms with Gasteiger partial charge in [0.05, 0.1) is 17.7 Å². The van der Waals surface area contributed by atoms with E-state index in [-0.39, 0.29) is 28.5 Å². The zero-order valence-corrected chi connectivity index (χ0v) is 18.7. The summed E-state index contributed by atoms with van der Waals surface area (Å²) in [5, 5.41) is 21.0. The molecule has 1 heterocycles. The molecule has 1 aromatic heterocycles. The molecule has 1 aliphatic rings. The first-order valence-corrected chi connectivity index (χ1v) is 10.6. The number of nitrogens with zero attached hydrogens (tertiary/aromatic N) is 2. The minimum absolute atomic E-state index is 0.0212. The Hall–Kier alpha value is -2.02. The summed E-state index contributed by atoms with van der Waals surface area (Å²) in [7, 11) is 0. The number of phenols is 1. The highest BCUT2D eigenvalue weighted by atomic mass is 35.5. The van der Waals surface area contributed by atoms with Crippen molar-refractivity contribution in [3.05, 3.63) is 57.3 Å². The lowest BCUT2D eigenvalue weighted by Crippen LogP contribution is -2.47. The number of ether oxygens (including phenoxy) is 1. The summed E-state index contributed by atoms with van der Waals surface area (Å²) in [6, 6.07) is 6.68. The number of amides is 1. The molecular weight excluding hydrogens is 427 g/mol. The zero-order chi connectivity index (χ0) is 22.1. The zero-order valence-electron chi connectivity index (χ0n) is 17.2. The van der Waals surface area contributed by atoms with Gasteiger partial charge in [-0.25, -0.2) is 9.78 Å². The van der Waals surface area contributed by atoms with Gasteiger partial charge >= 0.3 is 6.09 Å². The number of fused-ring (bicyclic) bond motifs is 1. The predicted molar refractivity (Wildman–Crippen MR) is 116 cm³/mol. The molecule has 0 fully saturated rings. The number of halogens is 2. The third kappa shape index (κ3) is 5.56. The van der Waals surface area contributed by atoms with Crippen molar-refractivity contribution in [2.45, 2.75) is 57.8 Å². The number of hydrogen-bond donors (Lipinski definition) is 2. The van der Waals surface area contributed by atoms with Crippen LogP contribution in [0, 0.1) is 0 Å². The summed E-state index contributed by atoms with van der Waals surface area (Å²) in [4.78, 5) is 18.5. The van der Waals surface area contributed by atoms with E-state index in [1.54, 1.807) is 43.9 Å². The largest absolute Gasteiger partial charge is 0.508 e. The van der Waals surface area contributed by atoms with E-state index >= 15 is 0 Å². The molecule has 8 heteroatoms. The Bertz CT molecular complexity index is 930. The fourth-order valence-electron chi connectivity index (χ4n) is 3.59. The predicted octanol–water partition coefficient (Wildman–Crippen LogP) is 4.92. The summed E-state index contributed by atoms with van der Waals surface area (Å²) in [6.45, 7) is 5.43. The van der Waals surface area contributed by atoms with E-state index in [2.05, 4.69) is 4.98 Å². The van der Waals surface area contributed by atoms with Crippen LogP contribution in [0.3, 0.4) is 0 Å². The van der Waals surface area contributed by atoms with E-state index in [1.807, 2.05) is 6.07 Å². The first-order chi connectivity index (χ1) is 14.0. The molecule has 2 N–H and O–H groups in total. The molecule has 2 unspecified atom stereocenters. The number of aliphatic hydroxyl groups excluding tert-OH is 1. The number of hydrogen-bond acceptors (Lipinski definition) is 5. The molecule has 0 radical (unpaired) electrons. The van der Waals surface area contributed by atoms with Gasteiger partial charge in [-0.2, -0.15) is 0 Å². The second-order valence-corrected chi connectivity index (χ2v) is 9.30. The lowest BCUT2D eigenvalue weighted by Gasteiger charge is -2.37. The van der Waals surface area contributed by atoms with Crippen LogP contribution < -0.4 is 0 Å². The molecule has 2 aromatic rings. The third-order valence-corrected chi connectivity index (χ3v) is 5.72. The van der Waals surface area contributed by atoms with Crippen LogP contribution in [0.2, 0.25) is 10.2 Å². The minimum Gasteiger partial charge on any atom is -0.508 e. The summed E-state index contributed by atoms with van der Waals surface area (Å²) in [5.41, 5.74) is 1.94. The number of carbonyl (C=O) groups is 1. The maximum absolute atomic E-state index is 13.0.